The zero-order chi connectivity index (χ0) is 10.8. The summed E-state index contributed by atoms with van der Waals surface area (Å²) in [6, 6.07) is 1.84. The number of hydrogen-bond acceptors (Lipinski definition) is 3. The van der Waals surface area contributed by atoms with Gasteiger partial charge in [-0.3, -0.25) is 9.67 Å². The summed E-state index contributed by atoms with van der Waals surface area (Å²) >= 11 is 3.31. The molecule has 0 aliphatic rings. The molecule has 0 aromatic carbocycles. The molecule has 2 aromatic rings. The van der Waals surface area contributed by atoms with Crippen molar-refractivity contribution in [3.05, 3.63) is 46.5 Å². The van der Waals surface area contributed by atoms with Crippen molar-refractivity contribution in [2.24, 2.45) is 7.05 Å². The van der Waals surface area contributed by atoms with Crippen LogP contribution < -0.4 is 0 Å². The van der Waals surface area contributed by atoms with Gasteiger partial charge >= 0.3 is 0 Å². The third kappa shape index (κ3) is 2.24. The van der Waals surface area contributed by atoms with E-state index in [-0.39, 0.29) is 0 Å². The fraction of sp³-hybridized carbons (Fsp3) is 0.200. The Hall–Kier alpha value is -1.20. The highest BCUT2D eigenvalue weighted by molar-refractivity contribution is 9.10. The van der Waals surface area contributed by atoms with Crippen molar-refractivity contribution < 1.29 is 5.11 Å². The van der Waals surface area contributed by atoms with E-state index < -0.39 is 6.10 Å². The summed E-state index contributed by atoms with van der Waals surface area (Å²) in [4.78, 5) is 4.00. The molecule has 1 atom stereocenters. The predicted molar refractivity (Wildman–Crippen MR) is 59.2 cm³/mol. The Balaban J connectivity index is 2.32. The Labute approximate surface area is 95.7 Å². The van der Waals surface area contributed by atoms with E-state index in [2.05, 4.69) is 26.0 Å². The monoisotopic (exact) mass is 267 g/mol. The second-order valence-corrected chi connectivity index (χ2v) is 4.20. The van der Waals surface area contributed by atoms with Gasteiger partial charge in [-0.2, -0.15) is 5.10 Å². The second kappa shape index (κ2) is 4.12. The highest BCUT2D eigenvalue weighted by atomic mass is 79.9. The van der Waals surface area contributed by atoms with Crippen LogP contribution in [0.1, 0.15) is 17.2 Å². The summed E-state index contributed by atoms with van der Waals surface area (Å²) < 4.78 is 2.51. The molecular formula is C10H10BrN3O. The van der Waals surface area contributed by atoms with Crippen LogP contribution in [0.25, 0.3) is 0 Å². The Morgan fingerprint density at radius 3 is 2.73 bits per heavy atom. The summed E-state index contributed by atoms with van der Waals surface area (Å²) in [6.45, 7) is 0. The standard InChI is InChI=1S/C10H10BrN3O/c1-14-6-8(4-13-14)10(15)7-2-9(11)5-12-3-7/h2-6,10,15H,1H3. The second-order valence-electron chi connectivity index (χ2n) is 3.29. The molecule has 5 heteroatoms. The molecule has 2 aromatic heterocycles. The molecule has 0 aliphatic heterocycles. The minimum atomic E-state index is -0.677. The summed E-state index contributed by atoms with van der Waals surface area (Å²) in [5.41, 5.74) is 1.51. The number of halogens is 1. The van der Waals surface area contributed by atoms with Gasteiger partial charge in [0, 0.05) is 41.2 Å². The summed E-state index contributed by atoms with van der Waals surface area (Å²) in [7, 11) is 1.81. The molecule has 4 nitrogen and oxygen atoms in total. The molecule has 2 rings (SSSR count). The molecule has 0 fully saturated rings. The number of aromatic nitrogens is 3. The number of pyridine rings is 1. The lowest BCUT2D eigenvalue weighted by Gasteiger charge is -2.07. The van der Waals surface area contributed by atoms with Crippen LogP contribution in [0.5, 0.6) is 0 Å². The van der Waals surface area contributed by atoms with Gasteiger partial charge in [0.05, 0.1) is 6.20 Å². The molecule has 0 bridgehead atoms. The zero-order valence-corrected chi connectivity index (χ0v) is 9.72. The van der Waals surface area contributed by atoms with E-state index in [1.54, 1.807) is 29.5 Å². The molecule has 78 valence electrons. The Morgan fingerprint density at radius 1 is 1.33 bits per heavy atom. The smallest absolute Gasteiger partial charge is 0.109 e. The van der Waals surface area contributed by atoms with Gasteiger partial charge in [-0.05, 0) is 22.0 Å². The van der Waals surface area contributed by atoms with E-state index in [9.17, 15) is 5.11 Å². The highest BCUT2D eigenvalue weighted by Crippen LogP contribution is 2.22. The molecule has 0 amide bonds. The van der Waals surface area contributed by atoms with Crippen LogP contribution in [0, 0.1) is 0 Å². The van der Waals surface area contributed by atoms with Crippen LogP contribution in [-0.4, -0.2) is 19.9 Å². The first kappa shape index (κ1) is 10.3. The molecular weight excluding hydrogens is 258 g/mol. The van der Waals surface area contributed by atoms with Gasteiger partial charge in [0.15, 0.2) is 0 Å². The zero-order valence-electron chi connectivity index (χ0n) is 8.13. The average Bonchev–Trinajstić information content (AvgIpc) is 2.64. The van der Waals surface area contributed by atoms with Crippen LogP contribution in [0.2, 0.25) is 0 Å². The maximum absolute atomic E-state index is 10.0. The summed E-state index contributed by atoms with van der Waals surface area (Å²) in [5, 5.41) is 14.0. The van der Waals surface area contributed by atoms with Crippen molar-refractivity contribution in [3.63, 3.8) is 0 Å². The molecule has 1 unspecified atom stereocenters. The van der Waals surface area contributed by atoms with Gasteiger partial charge in [-0.25, -0.2) is 0 Å². The first-order chi connectivity index (χ1) is 7.16. The largest absolute Gasteiger partial charge is 0.383 e. The van der Waals surface area contributed by atoms with E-state index in [0.29, 0.717) is 0 Å². The van der Waals surface area contributed by atoms with Crippen molar-refractivity contribution in [2.75, 3.05) is 0 Å². The number of aryl methyl sites for hydroxylation is 1. The number of rotatable bonds is 2. The third-order valence-electron chi connectivity index (χ3n) is 2.08. The Bertz CT molecular complexity index is 469. The van der Waals surface area contributed by atoms with Gasteiger partial charge in [-0.1, -0.05) is 0 Å². The van der Waals surface area contributed by atoms with Crippen LogP contribution in [0.15, 0.2) is 35.3 Å². The van der Waals surface area contributed by atoms with Crippen LogP contribution in [0.4, 0.5) is 0 Å². The van der Waals surface area contributed by atoms with Gasteiger partial charge in [-0.15, -0.1) is 0 Å². The first-order valence-corrected chi connectivity index (χ1v) is 5.23. The van der Waals surface area contributed by atoms with Crippen molar-refractivity contribution in [3.8, 4) is 0 Å². The van der Waals surface area contributed by atoms with Crippen LogP contribution in [-0.2, 0) is 7.05 Å². The van der Waals surface area contributed by atoms with Gasteiger partial charge in [0.2, 0.25) is 0 Å². The fourth-order valence-electron chi connectivity index (χ4n) is 1.35. The van der Waals surface area contributed by atoms with E-state index in [0.717, 1.165) is 15.6 Å². The predicted octanol–water partition coefficient (Wildman–Crippen LogP) is 1.66. The third-order valence-corrected chi connectivity index (χ3v) is 2.52. The Morgan fingerprint density at radius 2 is 2.13 bits per heavy atom. The molecule has 0 aliphatic carbocycles. The van der Waals surface area contributed by atoms with Crippen molar-refractivity contribution in [1.82, 2.24) is 14.8 Å². The summed E-state index contributed by atoms with van der Waals surface area (Å²) in [6.07, 6.45) is 6.07. The quantitative estimate of drug-likeness (QED) is 0.901. The SMILES string of the molecule is Cn1cc(C(O)c2cncc(Br)c2)cn1. The lowest BCUT2D eigenvalue weighted by Crippen LogP contribution is -1.99. The van der Waals surface area contributed by atoms with Gasteiger partial charge < -0.3 is 5.11 Å². The number of nitrogens with zero attached hydrogens (tertiary/aromatic N) is 3. The van der Waals surface area contributed by atoms with Crippen LogP contribution >= 0.6 is 15.9 Å². The average molecular weight is 268 g/mol. The molecule has 15 heavy (non-hydrogen) atoms. The van der Waals surface area contributed by atoms with Crippen LogP contribution in [0.3, 0.4) is 0 Å². The topological polar surface area (TPSA) is 50.9 Å². The fourth-order valence-corrected chi connectivity index (χ4v) is 1.73. The Kier molecular flexibility index (Phi) is 2.83. The van der Waals surface area contributed by atoms with E-state index in [1.165, 1.54) is 0 Å². The molecule has 2 heterocycles. The number of aliphatic hydroxyl groups excluding tert-OH is 1. The molecule has 0 spiro atoms. The first-order valence-electron chi connectivity index (χ1n) is 4.44. The van der Waals surface area contributed by atoms with E-state index in [4.69, 9.17) is 0 Å². The lowest BCUT2D eigenvalue weighted by molar-refractivity contribution is 0.219. The van der Waals surface area contributed by atoms with Crippen molar-refractivity contribution in [2.45, 2.75) is 6.10 Å². The van der Waals surface area contributed by atoms with E-state index in [1.807, 2.05) is 13.1 Å². The molecule has 0 radical (unpaired) electrons. The maximum Gasteiger partial charge on any atom is 0.109 e. The molecule has 1 N–H and O–H groups in total. The number of hydrogen-bond donors (Lipinski definition) is 1. The number of aliphatic hydroxyl groups is 1. The summed E-state index contributed by atoms with van der Waals surface area (Å²) in [5.74, 6) is 0. The van der Waals surface area contributed by atoms with E-state index >= 15 is 0 Å². The molecule has 0 saturated carbocycles. The normalized spacial score (nSPS) is 12.7. The van der Waals surface area contributed by atoms with Crippen molar-refractivity contribution in [1.29, 1.82) is 0 Å². The lowest BCUT2D eigenvalue weighted by atomic mass is 10.1. The highest BCUT2D eigenvalue weighted by Gasteiger charge is 2.12. The van der Waals surface area contributed by atoms with Gasteiger partial charge in [0.25, 0.3) is 0 Å². The molecule has 0 saturated heterocycles. The van der Waals surface area contributed by atoms with Gasteiger partial charge in [0.1, 0.15) is 6.10 Å². The maximum atomic E-state index is 10.0. The minimum absolute atomic E-state index is 0.677. The minimum Gasteiger partial charge on any atom is -0.383 e. The van der Waals surface area contributed by atoms with Crippen molar-refractivity contribution >= 4 is 15.9 Å².